The van der Waals surface area contributed by atoms with Gasteiger partial charge in [0.05, 0.1) is 12.5 Å². The number of rotatable bonds is 2. The van der Waals surface area contributed by atoms with Gasteiger partial charge in [0.15, 0.2) is 0 Å². The molecule has 0 unspecified atom stereocenters. The molecular weight excluding hydrogens is 102 g/mol. The Morgan fingerprint density at radius 2 is 2.62 bits per heavy atom. The van der Waals surface area contributed by atoms with Crippen LogP contribution in [0.4, 0.5) is 0 Å². The molecule has 0 N–H and O–H groups in total. The molecule has 0 aliphatic heterocycles. The first kappa shape index (κ1) is 5.38. The zero-order valence-corrected chi connectivity index (χ0v) is 4.79. The van der Waals surface area contributed by atoms with Crippen LogP contribution in [0.3, 0.4) is 0 Å². The van der Waals surface area contributed by atoms with E-state index in [9.17, 15) is 0 Å². The van der Waals surface area contributed by atoms with Crippen LogP contribution < -0.4 is 5.32 Å². The van der Waals surface area contributed by atoms with E-state index in [1.54, 1.807) is 19.6 Å². The molecule has 0 bridgehead atoms. The van der Waals surface area contributed by atoms with Gasteiger partial charge in [-0.05, 0) is 6.07 Å². The number of furan rings is 1. The molecule has 0 fully saturated rings. The number of hydrogen-bond donors (Lipinski definition) is 0. The average molecular weight is 110 g/mol. The second kappa shape index (κ2) is 2.52. The van der Waals surface area contributed by atoms with Crippen molar-refractivity contribution in [2.45, 2.75) is 6.54 Å². The second-order valence-corrected chi connectivity index (χ2v) is 1.61. The lowest BCUT2D eigenvalue weighted by atomic mass is 10.3. The molecule has 0 amide bonds. The fraction of sp³-hybridized carbons (Fsp3) is 0.333. The minimum absolute atomic E-state index is 0.760. The van der Waals surface area contributed by atoms with E-state index in [0.29, 0.717) is 0 Å². The smallest absolute Gasteiger partial charge is 0.0948 e. The minimum Gasteiger partial charge on any atom is -0.472 e. The molecule has 8 heavy (non-hydrogen) atoms. The summed E-state index contributed by atoms with van der Waals surface area (Å²) in [5.74, 6) is 0. The minimum atomic E-state index is 0.760. The van der Waals surface area contributed by atoms with Gasteiger partial charge in [-0.2, -0.15) is 0 Å². The van der Waals surface area contributed by atoms with Gasteiger partial charge in [0.1, 0.15) is 0 Å². The van der Waals surface area contributed by atoms with E-state index in [1.165, 1.54) is 0 Å². The van der Waals surface area contributed by atoms with E-state index in [1.807, 2.05) is 6.07 Å². The maximum Gasteiger partial charge on any atom is 0.0948 e. The zero-order valence-electron chi connectivity index (χ0n) is 4.79. The van der Waals surface area contributed by atoms with Crippen LogP contribution in [0.5, 0.6) is 0 Å². The van der Waals surface area contributed by atoms with Gasteiger partial charge in [-0.1, -0.05) is 0 Å². The molecule has 43 valence electrons. The third-order valence-corrected chi connectivity index (χ3v) is 0.921. The first-order chi connectivity index (χ1) is 3.93. The Bertz CT molecular complexity index is 134. The molecule has 2 nitrogen and oxygen atoms in total. The molecule has 1 aromatic heterocycles. The van der Waals surface area contributed by atoms with Gasteiger partial charge in [0.25, 0.3) is 0 Å². The lowest BCUT2D eigenvalue weighted by molar-refractivity contribution is 0.562. The first-order valence-corrected chi connectivity index (χ1v) is 2.50. The molecule has 2 heteroatoms. The molecule has 1 aromatic rings. The van der Waals surface area contributed by atoms with E-state index in [4.69, 9.17) is 4.42 Å². The summed E-state index contributed by atoms with van der Waals surface area (Å²) in [6.45, 7) is 0.760. The topological polar surface area (TPSA) is 27.2 Å². The van der Waals surface area contributed by atoms with Crippen LogP contribution in [-0.4, -0.2) is 7.05 Å². The Labute approximate surface area is 48.5 Å². The number of nitrogens with zero attached hydrogens (tertiary/aromatic N) is 1. The van der Waals surface area contributed by atoms with Crippen LogP contribution in [0, 0.1) is 0 Å². The van der Waals surface area contributed by atoms with Gasteiger partial charge in [-0.15, -0.1) is 0 Å². The number of hydrogen-bond acceptors (Lipinski definition) is 1. The Kier molecular flexibility index (Phi) is 1.70. The summed E-state index contributed by atoms with van der Waals surface area (Å²) in [7, 11) is 1.78. The molecule has 0 aliphatic rings. The molecule has 1 heterocycles. The van der Waals surface area contributed by atoms with Crippen molar-refractivity contribution >= 4 is 0 Å². The molecule has 0 spiro atoms. The summed E-state index contributed by atoms with van der Waals surface area (Å²) >= 11 is 0. The van der Waals surface area contributed by atoms with Gasteiger partial charge in [-0.3, -0.25) is 0 Å². The van der Waals surface area contributed by atoms with Crippen LogP contribution >= 0.6 is 0 Å². The van der Waals surface area contributed by atoms with Gasteiger partial charge in [-0.25, -0.2) is 5.32 Å². The van der Waals surface area contributed by atoms with Crippen molar-refractivity contribution in [3.8, 4) is 0 Å². The van der Waals surface area contributed by atoms with E-state index in [2.05, 4.69) is 5.32 Å². The summed E-state index contributed by atoms with van der Waals surface area (Å²) < 4.78 is 4.81. The SMILES string of the molecule is C[N]Cc1ccoc1. The Morgan fingerprint density at radius 3 is 3.12 bits per heavy atom. The van der Waals surface area contributed by atoms with Gasteiger partial charge < -0.3 is 4.42 Å². The van der Waals surface area contributed by atoms with Gasteiger partial charge in [0, 0.05) is 19.2 Å². The van der Waals surface area contributed by atoms with E-state index in [0.717, 1.165) is 12.1 Å². The van der Waals surface area contributed by atoms with Crippen LogP contribution in [0.2, 0.25) is 0 Å². The third kappa shape index (κ3) is 1.10. The van der Waals surface area contributed by atoms with Crippen molar-refractivity contribution in [1.82, 2.24) is 5.32 Å². The lowest BCUT2D eigenvalue weighted by Gasteiger charge is -1.85. The predicted octanol–water partition coefficient (Wildman–Crippen LogP) is 1.01. The maximum atomic E-state index is 4.81. The highest BCUT2D eigenvalue weighted by Gasteiger charge is 1.88. The summed E-state index contributed by atoms with van der Waals surface area (Å²) in [6, 6.07) is 1.91. The highest BCUT2D eigenvalue weighted by molar-refractivity contribution is 5.03. The third-order valence-electron chi connectivity index (χ3n) is 0.921. The molecule has 1 rings (SSSR count). The largest absolute Gasteiger partial charge is 0.472 e. The standard InChI is InChI=1S/C6H8NO/c1-7-4-6-2-3-8-5-6/h2-3,5H,4H2,1H3. The quantitative estimate of drug-likeness (QED) is 0.558. The lowest BCUT2D eigenvalue weighted by Crippen LogP contribution is -1.93. The van der Waals surface area contributed by atoms with Crippen molar-refractivity contribution in [2.75, 3.05) is 7.05 Å². The molecule has 0 atom stereocenters. The maximum absolute atomic E-state index is 4.81. The Morgan fingerprint density at radius 1 is 1.75 bits per heavy atom. The highest BCUT2D eigenvalue weighted by Crippen LogP contribution is 1.97. The fourth-order valence-electron chi connectivity index (χ4n) is 0.565. The summed E-state index contributed by atoms with van der Waals surface area (Å²) in [5, 5.41) is 3.92. The van der Waals surface area contributed by atoms with Crippen molar-refractivity contribution in [3.05, 3.63) is 24.2 Å². The first-order valence-electron chi connectivity index (χ1n) is 2.50. The van der Waals surface area contributed by atoms with Crippen molar-refractivity contribution < 1.29 is 4.42 Å². The molecular formula is C6H8NO. The predicted molar refractivity (Wildman–Crippen MR) is 30.5 cm³/mol. The van der Waals surface area contributed by atoms with Crippen molar-refractivity contribution in [2.24, 2.45) is 0 Å². The van der Waals surface area contributed by atoms with E-state index < -0.39 is 0 Å². The van der Waals surface area contributed by atoms with E-state index >= 15 is 0 Å². The molecule has 0 saturated carbocycles. The Hall–Kier alpha value is -0.760. The van der Waals surface area contributed by atoms with Crippen LogP contribution in [0.15, 0.2) is 23.0 Å². The van der Waals surface area contributed by atoms with Crippen molar-refractivity contribution in [3.63, 3.8) is 0 Å². The van der Waals surface area contributed by atoms with Gasteiger partial charge >= 0.3 is 0 Å². The zero-order chi connectivity index (χ0) is 5.82. The van der Waals surface area contributed by atoms with Crippen LogP contribution in [0.1, 0.15) is 5.56 Å². The summed E-state index contributed by atoms with van der Waals surface area (Å²) in [6.07, 6.45) is 3.35. The van der Waals surface area contributed by atoms with E-state index in [-0.39, 0.29) is 0 Å². The van der Waals surface area contributed by atoms with Crippen LogP contribution in [-0.2, 0) is 6.54 Å². The second-order valence-electron chi connectivity index (χ2n) is 1.61. The highest BCUT2D eigenvalue weighted by atomic mass is 16.3. The fourth-order valence-corrected chi connectivity index (χ4v) is 0.565. The molecule has 0 aromatic carbocycles. The molecule has 0 aliphatic carbocycles. The summed E-state index contributed by atoms with van der Waals surface area (Å²) in [4.78, 5) is 0. The van der Waals surface area contributed by atoms with Crippen LogP contribution in [0.25, 0.3) is 0 Å². The molecule has 1 radical (unpaired) electrons. The molecule has 0 saturated heterocycles. The average Bonchev–Trinajstić information content (AvgIpc) is 2.19. The van der Waals surface area contributed by atoms with Crippen molar-refractivity contribution in [1.29, 1.82) is 0 Å². The monoisotopic (exact) mass is 110 g/mol. The normalized spacial score (nSPS) is 9.62. The summed E-state index contributed by atoms with van der Waals surface area (Å²) in [5.41, 5.74) is 1.13. The van der Waals surface area contributed by atoms with Gasteiger partial charge in [0.2, 0.25) is 0 Å². The Balaban J connectivity index is 2.50.